The molecule has 2 aliphatic carbocycles. The summed E-state index contributed by atoms with van der Waals surface area (Å²) in [6.45, 7) is 5.14. The monoisotopic (exact) mass is 281 g/mol. The standard InChI is InChI=1S/C15H27N3O2/c1-11(2)7-10-18(12-5-6-12)14(19)15(13(16)17-20)8-3-4-9-15/h11-12,20H,3-10H2,1-2H3,(H2,16,17). The molecule has 0 bridgehead atoms. The Morgan fingerprint density at radius 1 is 1.40 bits per heavy atom. The topological polar surface area (TPSA) is 78.9 Å². The molecular formula is C15H27N3O2. The number of hydrogen-bond donors (Lipinski definition) is 2. The first-order valence-electron chi connectivity index (χ1n) is 7.80. The minimum atomic E-state index is -0.742. The fourth-order valence-corrected chi connectivity index (χ4v) is 3.16. The number of rotatable bonds is 6. The Labute approximate surface area is 121 Å². The van der Waals surface area contributed by atoms with Crippen LogP contribution in [0.2, 0.25) is 0 Å². The average Bonchev–Trinajstić information content (AvgIpc) is 3.13. The Balaban J connectivity index is 2.16. The van der Waals surface area contributed by atoms with Crippen LogP contribution in [0.3, 0.4) is 0 Å². The highest BCUT2D eigenvalue weighted by molar-refractivity contribution is 6.07. The van der Waals surface area contributed by atoms with Crippen LogP contribution in [-0.2, 0) is 4.79 Å². The summed E-state index contributed by atoms with van der Waals surface area (Å²) in [5, 5.41) is 12.2. The van der Waals surface area contributed by atoms with Gasteiger partial charge in [0, 0.05) is 12.6 Å². The van der Waals surface area contributed by atoms with Gasteiger partial charge >= 0.3 is 0 Å². The van der Waals surface area contributed by atoms with E-state index < -0.39 is 5.41 Å². The molecular weight excluding hydrogens is 254 g/mol. The Hall–Kier alpha value is -1.26. The first kappa shape index (κ1) is 15.1. The Morgan fingerprint density at radius 3 is 2.45 bits per heavy atom. The zero-order chi connectivity index (χ0) is 14.8. The van der Waals surface area contributed by atoms with E-state index in [4.69, 9.17) is 10.9 Å². The smallest absolute Gasteiger partial charge is 0.236 e. The lowest BCUT2D eigenvalue weighted by molar-refractivity contribution is -0.139. The normalized spacial score (nSPS) is 22.2. The highest BCUT2D eigenvalue weighted by atomic mass is 16.4. The molecule has 1 amide bonds. The van der Waals surface area contributed by atoms with Crippen LogP contribution in [0.5, 0.6) is 0 Å². The van der Waals surface area contributed by atoms with Crippen molar-refractivity contribution in [3.05, 3.63) is 0 Å². The third-order valence-electron chi connectivity index (χ3n) is 4.66. The van der Waals surface area contributed by atoms with Gasteiger partial charge in [-0.3, -0.25) is 4.79 Å². The largest absolute Gasteiger partial charge is 0.409 e. The van der Waals surface area contributed by atoms with Crippen molar-refractivity contribution in [2.75, 3.05) is 6.54 Å². The summed E-state index contributed by atoms with van der Waals surface area (Å²) in [5.74, 6) is 0.774. The van der Waals surface area contributed by atoms with Gasteiger partial charge in [0.1, 0.15) is 5.41 Å². The van der Waals surface area contributed by atoms with Crippen LogP contribution in [-0.4, -0.2) is 34.4 Å². The molecule has 0 aliphatic heterocycles. The second-order valence-electron chi connectivity index (χ2n) is 6.69. The van der Waals surface area contributed by atoms with E-state index >= 15 is 0 Å². The van der Waals surface area contributed by atoms with Crippen molar-refractivity contribution in [2.24, 2.45) is 22.2 Å². The molecule has 114 valence electrons. The van der Waals surface area contributed by atoms with E-state index in [0.717, 1.165) is 38.6 Å². The molecule has 0 aromatic rings. The molecule has 20 heavy (non-hydrogen) atoms. The van der Waals surface area contributed by atoms with E-state index in [1.54, 1.807) is 0 Å². The molecule has 3 N–H and O–H groups in total. The Bertz CT molecular complexity index is 383. The first-order chi connectivity index (χ1) is 9.51. The van der Waals surface area contributed by atoms with Crippen LogP contribution in [0.25, 0.3) is 0 Å². The molecule has 5 heteroatoms. The maximum Gasteiger partial charge on any atom is 0.236 e. The van der Waals surface area contributed by atoms with Gasteiger partial charge in [0.2, 0.25) is 5.91 Å². The van der Waals surface area contributed by atoms with Gasteiger partial charge in [0.15, 0.2) is 5.84 Å². The molecule has 0 radical (unpaired) electrons. The molecule has 0 saturated heterocycles. The van der Waals surface area contributed by atoms with Gasteiger partial charge in [-0.2, -0.15) is 0 Å². The maximum absolute atomic E-state index is 13.0. The van der Waals surface area contributed by atoms with Crippen molar-refractivity contribution in [3.8, 4) is 0 Å². The molecule has 0 spiro atoms. The predicted octanol–water partition coefficient (Wildman–Crippen LogP) is 2.33. The van der Waals surface area contributed by atoms with Crippen molar-refractivity contribution in [1.82, 2.24) is 4.90 Å². The van der Waals surface area contributed by atoms with Crippen LogP contribution in [0.15, 0.2) is 5.16 Å². The lowest BCUT2D eigenvalue weighted by Gasteiger charge is -2.34. The molecule has 0 unspecified atom stereocenters. The van der Waals surface area contributed by atoms with E-state index in [1.165, 1.54) is 0 Å². The van der Waals surface area contributed by atoms with Crippen LogP contribution in [0.1, 0.15) is 58.8 Å². The number of oxime groups is 1. The highest BCUT2D eigenvalue weighted by Gasteiger charge is 2.49. The van der Waals surface area contributed by atoms with Gasteiger partial charge in [-0.05, 0) is 38.0 Å². The molecule has 0 aromatic carbocycles. The Morgan fingerprint density at radius 2 is 2.00 bits per heavy atom. The number of nitrogens with two attached hydrogens (primary N) is 1. The third kappa shape index (κ3) is 2.91. The fraction of sp³-hybridized carbons (Fsp3) is 0.867. The van der Waals surface area contributed by atoms with Crippen LogP contribution >= 0.6 is 0 Å². The summed E-state index contributed by atoms with van der Waals surface area (Å²) >= 11 is 0. The van der Waals surface area contributed by atoms with Crippen molar-refractivity contribution in [3.63, 3.8) is 0 Å². The molecule has 2 rings (SSSR count). The summed E-state index contributed by atoms with van der Waals surface area (Å²) in [7, 11) is 0. The number of amides is 1. The molecule has 2 aliphatic rings. The summed E-state index contributed by atoms with van der Waals surface area (Å²) in [4.78, 5) is 15.0. The van der Waals surface area contributed by atoms with E-state index in [0.29, 0.717) is 24.8 Å². The van der Waals surface area contributed by atoms with Gasteiger partial charge < -0.3 is 15.8 Å². The Kier molecular flexibility index (Phi) is 4.55. The highest BCUT2D eigenvalue weighted by Crippen LogP contribution is 2.42. The third-order valence-corrected chi connectivity index (χ3v) is 4.66. The summed E-state index contributed by atoms with van der Waals surface area (Å²) in [6, 6.07) is 0.380. The van der Waals surface area contributed by atoms with Gasteiger partial charge in [-0.25, -0.2) is 0 Å². The number of carbonyl (C=O) groups excluding carboxylic acids is 1. The van der Waals surface area contributed by atoms with Gasteiger partial charge in [-0.1, -0.05) is 31.8 Å². The maximum atomic E-state index is 13.0. The van der Waals surface area contributed by atoms with Crippen LogP contribution in [0, 0.1) is 11.3 Å². The second-order valence-corrected chi connectivity index (χ2v) is 6.69. The van der Waals surface area contributed by atoms with Crippen molar-refractivity contribution >= 4 is 11.7 Å². The van der Waals surface area contributed by atoms with Crippen molar-refractivity contribution in [1.29, 1.82) is 0 Å². The van der Waals surface area contributed by atoms with E-state index in [-0.39, 0.29) is 11.7 Å². The first-order valence-corrected chi connectivity index (χ1v) is 7.80. The molecule has 5 nitrogen and oxygen atoms in total. The lowest BCUT2D eigenvalue weighted by Crippen LogP contribution is -2.51. The minimum Gasteiger partial charge on any atom is -0.409 e. The van der Waals surface area contributed by atoms with E-state index in [9.17, 15) is 4.79 Å². The fourth-order valence-electron chi connectivity index (χ4n) is 3.16. The molecule has 0 atom stereocenters. The summed E-state index contributed by atoms with van der Waals surface area (Å²) in [5.41, 5.74) is 5.14. The van der Waals surface area contributed by atoms with Crippen molar-refractivity contribution < 1.29 is 10.0 Å². The minimum absolute atomic E-state index is 0.0912. The van der Waals surface area contributed by atoms with E-state index in [1.807, 2.05) is 4.90 Å². The molecule has 2 saturated carbocycles. The number of carbonyl (C=O) groups is 1. The quantitative estimate of drug-likeness (QED) is 0.339. The molecule has 0 aromatic heterocycles. The predicted molar refractivity (Wildman–Crippen MR) is 78.5 cm³/mol. The van der Waals surface area contributed by atoms with Crippen molar-refractivity contribution in [2.45, 2.75) is 64.8 Å². The zero-order valence-corrected chi connectivity index (χ0v) is 12.6. The molecule has 0 heterocycles. The van der Waals surface area contributed by atoms with Crippen LogP contribution in [0.4, 0.5) is 0 Å². The number of amidine groups is 1. The summed E-state index contributed by atoms with van der Waals surface area (Å²) < 4.78 is 0. The number of nitrogens with zero attached hydrogens (tertiary/aromatic N) is 2. The van der Waals surface area contributed by atoms with Crippen LogP contribution < -0.4 is 5.73 Å². The van der Waals surface area contributed by atoms with Gasteiger partial charge in [0.25, 0.3) is 0 Å². The zero-order valence-electron chi connectivity index (χ0n) is 12.6. The van der Waals surface area contributed by atoms with Gasteiger partial charge in [0.05, 0.1) is 0 Å². The lowest BCUT2D eigenvalue weighted by atomic mass is 9.83. The van der Waals surface area contributed by atoms with E-state index in [2.05, 4.69) is 19.0 Å². The SMILES string of the molecule is CC(C)CCN(C(=O)C1(C(N)=NO)CCCC1)C1CC1. The second kappa shape index (κ2) is 6.02. The average molecular weight is 281 g/mol. The summed E-state index contributed by atoms with van der Waals surface area (Å²) in [6.07, 6.45) is 6.58. The van der Waals surface area contributed by atoms with Gasteiger partial charge in [-0.15, -0.1) is 0 Å². The number of hydrogen-bond acceptors (Lipinski definition) is 3. The molecule has 2 fully saturated rings.